The van der Waals surface area contributed by atoms with E-state index in [4.69, 9.17) is 0 Å². The fourth-order valence-electron chi connectivity index (χ4n) is 3.85. The summed E-state index contributed by atoms with van der Waals surface area (Å²) in [5.74, 6) is 0.559. The highest BCUT2D eigenvalue weighted by atomic mass is 32.2. The van der Waals surface area contributed by atoms with Crippen molar-refractivity contribution in [3.8, 4) is 0 Å². The average Bonchev–Trinajstić information content (AvgIpc) is 2.36. The van der Waals surface area contributed by atoms with Crippen molar-refractivity contribution in [3.05, 3.63) is 29.8 Å². The van der Waals surface area contributed by atoms with Gasteiger partial charge in [-0.1, -0.05) is 46.2 Å². The second kappa shape index (κ2) is 6.71. The fraction of sp³-hybridized carbons (Fsp3) is 0.667. The zero-order valence-electron chi connectivity index (χ0n) is 14.2. The molecule has 0 saturated heterocycles. The molecule has 1 fully saturated rings. The largest absolute Gasteiger partial charge is 0.240 e. The Morgan fingerprint density at radius 3 is 2.36 bits per heavy atom. The van der Waals surface area contributed by atoms with Gasteiger partial charge in [-0.3, -0.25) is 0 Å². The Bertz CT molecular complexity index is 590. The average molecular weight is 324 g/mol. The van der Waals surface area contributed by atoms with E-state index in [2.05, 4.69) is 32.4 Å². The van der Waals surface area contributed by atoms with Crippen molar-refractivity contribution in [2.45, 2.75) is 70.7 Å². The quantitative estimate of drug-likeness (QED) is 0.885. The standard InChI is InChI=1S/C18H29NO2S/c1-5-6-15-7-9-17(10-8-15)22(20,21)19-16-11-14(2)12-18(3,4)13-16/h7-10,14,16,19H,5-6,11-13H2,1-4H3. The lowest BCUT2D eigenvalue weighted by molar-refractivity contribution is 0.163. The molecular weight excluding hydrogens is 294 g/mol. The second-order valence-corrected chi connectivity index (χ2v) is 9.34. The first-order chi connectivity index (χ1) is 10.2. The lowest BCUT2D eigenvalue weighted by Gasteiger charge is -2.39. The highest BCUT2D eigenvalue weighted by molar-refractivity contribution is 7.89. The predicted molar refractivity (Wildman–Crippen MR) is 91.3 cm³/mol. The predicted octanol–water partition coefficient (Wildman–Crippen LogP) is 4.13. The number of aryl methyl sites for hydroxylation is 1. The van der Waals surface area contributed by atoms with Crippen LogP contribution in [-0.4, -0.2) is 14.5 Å². The molecule has 0 radical (unpaired) electrons. The van der Waals surface area contributed by atoms with Gasteiger partial charge in [0.1, 0.15) is 0 Å². The molecule has 22 heavy (non-hydrogen) atoms. The molecule has 1 saturated carbocycles. The number of hydrogen-bond donors (Lipinski definition) is 1. The van der Waals surface area contributed by atoms with Gasteiger partial charge in [0.25, 0.3) is 0 Å². The van der Waals surface area contributed by atoms with Gasteiger partial charge in [0, 0.05) is 6.04 Å². The van der Waals surface area contributed by atoms with Crippen molar-refractivity contribution in [2.75, 3.05) is 0 Å². The van der Waals surface area contributed by atoms with Gasteiger partial charge in [0.05, 0.1) is 4.90 Å². The van der Waals surface area contributed by atoms with E-state index < -0.39 is 10.0 Å². The van der Waals surface area contributed by atoms with Crippen LogP contribution in [0.1, 0.15) is 58.9 Å². The summed E-state index contributed by atoms with van der Waals surface area (Å²) in [5.41, 5.74) is 1.39. The Morgan fingerprint density at radius 1 is 1.18 bits per heavy atom. The minimum absolute atomic E-state index is 0.0408. The van der Waals surface area contributed by atoms with E-state index in [1.165, 1.54) is 5.56 Å². The van der Waals surface area contributed by atoms with Gasteiger partial charge in [0.15, 0.2) is 0 Å². The summed E-state index contributed by atoms with van der Waals surface area (Å²) in [6.07, 6.45) is 5.06. The summed E-state index contributed by atoms with van der Waals surface area (Å²) < 4.78 is 28.1. The molecule has 124 valence electrons. The molecule has 2 rings (SSSR count). The normalized spacial score (nSPS) is 25.1. The van der Waals surface area contributed by atoms with Crippen molar-refractivity contribution in [1.82, 2.24) is 4.72 Å². The molecule has 1 aliphatic carbocycles. The van der Waals surface area contributed by atoms with Crippen molar-refractivity contribution < 1.29 is 8.42 Å². The third-order valence-corrected chi connectivity index (χ3v) is 6.02. The Morgan fingerprint density at radius 2 is 1.82 bits per heavy atom. The van der Waals surface area contributed by atoms with Gasteiger partial charge < -0.3 is 0 Å². The summed E-state index contributed by atoms with van der Waals surface area (Å²) >= 11 is 0. The minimum Gasteiger partial charge on any atom is -0.208 e. The molecule has 0 spiro atoms. The smallest absolute Gasteiger partial charge is 0.208 e. The molecule has 1 aromatic rings. The van der Waals surface area contributed by atoms with Crippen LogP contribution in [0.2, 0.25) is 0 Å². The molecule has 0 bridgehead atoms. The molecule has 0 aromatic heterocycles. The Kier molecular flexibility index (Phi) is 5.33. The van der Waals surface area contributed by atoms with Crippen LogP contribution >= 0.6 is 0 Å². The first-order valence-corrected chi connectivity index (χ1v) is 9.81. The van der Waals surface area contributed by atoms with E-state index in [9.17, 15) is 8.42 Å². The van der Waals surface area contributed by atoms with E-state index in [1.54, 1.807) is 12.1 Å². The third-order valence-electron chi connectivity index (χ3n) is 4.48. The highest BCUT2D eigenvalue weighted by Gasteiger charge is 2.34. The van der Waals surface area contributed by atoms with E-state index in [1.807, 2.05) is 12.1 Å². The fourth-order valence-corrected chi connectivity index (χ4v) is 5.10. The number of hydrogen-bond acceptors (Lipinski definition) is 2. The lowest BCUT2D eigenvalue weighted by atomic mass is 9.71. The monoisotopic (exact) mass is 323 g/mol. The second-order valence-electron chi connectivity index (χ2n) is 7.63. The van der Waals surface area contributed by atoms with E-state index in [0.717, 1.165) is 32.1 Å². The summed E-state index contributed by atoms with van der Waals surface area (Å²) in [4.78, 5) is 0.378. The molecular formula is C18H29NO2S. The SMILES string of the molecule is CCCc1ccc(S(=O)(=O)NC2CC(C)CC(C)(C)C2)cc1. The minimum atomic E-state index is -3.42. The first-order valence-electron chi connectivity index (χ1n) is 8.33. The maximum atomic E-state index is 12.6. The van der Waals surface area contributed by atoms with Crippen molar-refractivity contribution in [1.29, 1.82) is 0 Å². The molecule has 0 aliphatic heterocycles. The van der Waals surface area contributed by atoms with Crippen LogP contribution in [0.15, 0.2) is 29.2 Å². The molecule has 0 heterocycles. The van der Waals surface area contributed by atoms with E-state index in [0.29, 0.717) is 10.8 Å². The van der Waals surface area contributed by atoms with Crippen LogP contribution in [0, 0.1) is 11.3 Å². The molecule has 3 nitrogen and oxygen atoms in total. The lowest BCUT2D eigenvalue weighted by Crippen LogP contribution is -2.42. The van der Waals surface area contributed by atoms with Crippen LogP contribution in [0.5, 0.6) is 0 Å². The zero-order chi connectivity index (χ0) is 16.4. The van der Waals surface area contributed by atoms with Crippen LogP contribution in [0.4, 0.5) is 0 Å². The van der Waals surface area contributed by atoms with Gasteiger partial charge in [-0.15, -0.1) is 0 Å². The number of rotatable bonds is 5. The number of nitrogens with one attached hydrogen (secondary N) is 1. The van der Waals surface area contributed by atoms with Gasteiger partial charge >= 0.3 is 0 Å². The summed E-state index contributed by atoms with van der Waals surface area (Å²) in [7, 11) is -3.42. The van der Waals surface area contributed by atoms with E-state index in [-0.39, 0.29) is 11.5 Å². The Labute approximate surface area is 135 Å². The van der Waals surface area contributed by atoms with Gasteiger partial charge in [-0.25, -0.2) is 13.1 Å². The zero-order valence-corrected chi connectivity index (χ0v) is 15.0. The summed E-state index contributed by atoms with van der Waals surface area (Å²) in [6, 6.07) is 7.34. The molecule has 1 aromatic carbocycles. The third kappa shape index (κ3) is 4.56. The van der Waals surface area contributed by atoms with Crippen molar-refractivity contribution in [3.63, 3.8) is 0 Å². The van der Waals surface area contributed by atoms with Gasteiger partial charge in [-0.2, -0.15) is 0 Å². The molecule has 0 amide bonds. The van der Waals surface area contributed by atoms with Crippen molar-refractivity contribution in [2.24, 2.45) is 11.3 Å². The highest BCUT2D eigenvalue weighted by Crippen LogP contribution is 2.38. The van der Waals surface area contributed by atoms with Gasteiger partial charge in [-0.05, 0) is 54.7 Å². The maximum absolute atomic E-state index is 12.6. The first kappa shape index (κ1) is 17.5. The molecule has 1 aliphatic rings. The molecule has 4 heteroatoms. The number of benzene rings is 1. The van der Waals surface area contributed by atoms with E-state index >= 15 is 0 Å². The number of sulfonamides is 1. The Balaban J connectivity index is 2.10. The molecule has 2 atom stereocenters. The maximum Gasteiger partial charge on any atom is 0.240 e. The van der Waals surface area contributed by atoms with Crippen LogP contribution in [-0.2, 0) is 16.4 Å². The van der Waals surface area contributed by atoms with Gasteiger partial charge in [0.2, 0.25) is 10.0 Å². The summed E-state index contributed by atoms with van der Waals surface area (Å²) in [6.45, 7) is 8.78. The Hall–Kier alpha value is -0.870. The topological polar surface area (TPSA) is 46.2 Å². The molecule has 1 N–H and O–H groups in total. The molecule has 2 unspecified atom stereocenters. The van der Waals surface area contributed by atoms with Crippen LogP contribution in [0.3, 0.4) is 0 Å². The van der Waals surface area contributed by atoms with Crippen LogP contribution in [0.25, 0.3) is 0 Å². The van der Waals surface area contributed by atoms with Crippen molar-refractivity contribution >= 4 is 10.0 Å². The summed E-state index contributed by atoms with van der Waals surface area (Å²) in [5, 5.41) is 0. The van der Waals surface area contributed by atoms with Crippen LogP contribution < -0.4 is 4.72 Å².